The van der Waals surface area contributed by atoms with E-state index in [1.165, 1.54) is 99.0 Å². The van der Waals surface area contributed by atoms with Crippen molar-refractivity contribution >= 4 is 35.3 Å². The first-order valence-corrected chi connectivity index (χ1v) is 24.0. The van der Waals surface area contributed by atoms with Crippen LogP contribution in [0.3, 0.4) is 0 Å². The van der Waals surface area contributed by atoms with Gasteiger partial charge in [0.1, 0.15) is 0 Å². The number of hydrogen-bond acceptors (Lipinski definition) is 6. The molecule has 0 spiro atoms. The molecule has 2 heterocycles. The summed E-state index contributed by atoms with van der Waals surface area (Å²) >= 11 is 0. The van der Waals surface area contributed by atoms with Crippen LogP contribution < -0.4 is 5.32 Å². The molecule has 0 saturated heterocycles. The van der Waals surface area contributed by atoms with Gasteiger partial charge in [-0.15, -0.1) is 0 Å². The summed E-state index contributed by atoms with van der Waals surface area (Å²) in [5.41, 5.74) is 2.18. The third-order valence-electron chi connectivity index (χ3n) is 13.0. The number of benzene rings is 2. The molecule has 9 nitrogen and oxygen atoms in total. The highest BCUT2D eigenvalue weighted by Crippen LogP contribution is 2.38. The van der Waals surface area contributed by atoms with E-state index < -0.39 is 5.54 Å². The number of allylic oxidation sites excluding steroid dienone is 1. The quantitative estimate of drug-likeness (QED) is 0.0349. The zero-order valence-corrected chi connectivity index (χ0v) is 38.3. The zero-order valence-electron chi connectivity index (χ0n) is 38.3. The van der Waals surface area contributed by atoms with Crippen LogP contribution in [0, 0.1) is 0 Å². The van der Waals surface area contributed by atoms with Gasteiger partial charge in [0.05, 0.1) is 27.8 Å². The summed E-state index contributed by atoms with van der Waals surface area (Å²) in [5, 5.41) is 2.99. The molecule has 2 aliphatic heterocycles. The van der Waals surface area contributed by atoms with Crippen molar-refractivity contribution in [1.82, 2.24) is 15.1 Å². The van der Waals surface area contributed by atoms with Crippen molar-refractivity contribution in [2.45, 2.75) is 194 Å². The average Bonchev–Trinajstić information content (AvgIpc) is 3.66. The standard InChI is InChI=1S/C52H75N3O6/c1-6-9-10-11-12-13-18-21-24-27-36-54-48(58)42-31-29-40(37-44(42)49(54)59)47(57)41-30-32-43-45(38-41)51(61)55(50(43)60)52(7-2,8-3)34-25-22-19-16-14-15-17-20-23-26-35-53-46(56)33-28-39(4)5/h28-32,37-38H,6-27,33-36H2,1-5H3,(H,53,56). The maximum absolute atomic E-state index is 14.0. The Balaban J connectivity index is 1.22. The van der Waals surface area contributed by atoms with Crippen molar-refractivity contribution < 1.29 is 28.8 Å². The van der Waals surface area contributed by atoms with Gasteiger partial charge in [-0.05, 0) is 70.2 Å². The summed E-state index contributed by atoms with van der Waals surface area (Å²) in [6.45, 7) is 11.4. The lowest BCUT2D eigenvalue weighted by molar-refractivity contribution is -0.120. The fraction of sp³-hybridized carbons (Fsp3) is 0.615. The van der Waals surface area contributed by atoms with Crippen molar-refractivity contribution in [3.05, 3.63) is 81.4 Å². The summed E-state index contributed by atoms with van der Waals surface area (Å²) in [5.74, 6) is -1.63. The van der Waals surface area contributed by atoms with Gasteiger partial charge in [0.15, 0.2) is 5.78 Å². The van der Waals surface area contributed by atoms with E-state index in [0.717, 1.165) is 69.9 Å². The van der Waals surface area contributed by atoms with Crippen LogP contribution in [0.4, 0.5) is 0 Å². The summed E-state index contributed by atoms with van der Waals surface area (Å²) in [4.78, 5) is 82.8. The van der Waals surface area contributed by atoms with Gasteiger partial charge in [0.2, 0.25) is 5.91 Å². The number of carbonyl (C=O) groups is 6. The van der Waals surface area contributed by atoms with Crippen molar-refractivity contribution in [3.63, 3.8) is 0 Å². The fourth-order valence-electron chi connectivity index (χ4n) is 8.99. The number of nitrogens with one attached hydrogen (secondary N) is 1. The predicted molar refractivity (Wildman–Crippen MR) is 245 cm³/mol. The lowest BCUT2D eigenvalue weighted by Crippen LogP contribution is -2.51. The van der Waals surface area contributed by atoms with E-state index in [2.05, 4.69) is 12.2 Å². The van der Waals surface area contributed by atoms with E-state index in [1.54, 1.807) is 24.3 Å². The summed E-state index contributed by atoms with van der Waals surface area (Å²) in [7, 11) is 0. The largest absolute Gasteiger partial charge is 0.356 e. The molecule has 0 atom stereocenters. The van der Waals surface area contributed by atoms with Crippen molar-refractivity contribution in [2.24, 2.45) is 0 Å². The van der Waals surface area contributed by atoms with Gasteiger partial charge in [0.25, 0.3) is 23.6 Å². The number of ketones is 1. The second kappa shape index (κ2) is 25.5. The van der Waals surface area contributed by atoms with Crippen LogP contribution in [-0.4, -0.2) is 63.7 Å². The molecule has 1 N–H and O–H groups in total. The molecule has 0 saturated carbocycles. The van der Waals surface area contributed by atoms with E-state index in [0.29, 0.717) is 36.9 Å². The van der Waals surface area contributed by atoms with Crippen LogP contribution in [0.1, 0.15) is 246 Å². The Morgan fingerprint density at radius 1 is 0.557 bits per heavy atom. The van der Waals surface area contributed by atoms with Gasteiger partial charge in [-0.2, -0.15) is 0 Å². The Labute approximate surface area is 366 Å². The second-order valence-electron chi connectivity index (χ2n) is 17.8. The van der Waals surface area contributed by atoms with Gasteiger partial charge in [-0.1, -0.05) is 160 Å². The van der Waals surface area contributed by atoms with Crippen molar-refractivity contribution in [2.75, 3.05) is 13.1 Å². The molecule has 2 aliphatic rings. The molecule has 2 aromatic rings. The molecule has 0 unspecified atom stereocenters. The van der Waals surface area contributed by atoms with Crippen molar-refractivity contribution in [1.29, 1.82) is 0 Å². The van der Waals surface area contributed by atoms with Gasteiger partial charge in [-0.25, -0.2) is 0 Å². The first kappa shape index (κ1) is 49.3. The molecule has 0 radical (unpaired) electrons. The smallest absolute Gasteiger partial charge is 0.262 e. The summed E-state index contributed by atoms with van der Waals surface area (Å²) < 4.78 is 0. The van der Waals surface area contributed by atoms with Gasteiger partial charge in [0, 0.05) is 30.6 Å². The molecule has 334 valence electrons. The van der Waals surface area contributed by atoms with E-state index in [9.17, 15) is 28.8 Å². The normalized spacial score (nSPS) is 13.6. The topological polar surface area (TPSA) is 121 Å². The number of carbonyl (C=O) groups excluding carboxylic acids is 6. The maximum Gasteiger partial charge on any atom is 0.262 e. The molecule has 2 aromatic carbocycles. The highest BCUT2D eigenvalue weighted by atomic mass is 16.2. The number of nitrogens with zero attached hydrogens (tertiary/aromatic N) is 2. The Hall–Kier alpha value is -4.40. The van der Waals surface area contributed by atoms with Crippen LogP contribution >= 0.6 is 0 Å². The Kier molecular flexibility index (Phi) is 20.6. The Morgan fingerprint density at radius 3 is 1.52 bits per heavy atom. The lowest BCUT2D eigenvalue weighted by atomic mass is 9.84. The zero-order chi connectivity index (χ0) is 44.2. The molecule has 61 heavy (non-hydrogen) atoms. The molecule has 0 aromatic heterocycles. The van der Waals surface area contributed by atoms with E-state index in [4.69, 9.17) is 0 Å². The number of fused-ring (bicyclic) bond motifs is 2. The van der Waals surface area contributed by atoms with Crippen LogP contribution in [0.15, 0.2) is 48.0 Å². The Morgan fingerprint density at radius 2 is 1.00 bits per heavy atom. The minimum absolute atomic E-state index is 0.0943. The molecule has 5 amide bonds. The SMILES string of the molecule is CCCCCCCCCCCCN1C(=O)c2ccc(C(=O)c3ccc4c(c3)C(=O)N(C(CC)(CC)CCCCCCCCCCCCNC(=O)CC=C(C)C)C4=O)cc2C1=O. The number of hydrogen-bond donors (Lipinski definition) is 1. The van der Waals surface area contributed by atoms with Crippen LogP contribution in [-0.2, 0) is 4.79 Å². The van der Waals surface area contributed by atoms with Gasteiger partial charge in [-0.3, -0.25) is 38.6 Å². The van der Waals surface area contributed by atoms with Crippen LogP contribution in [0.5, 0.6) is 0 Å². The van der Waals surface area contributed by atoms with Crippen molar-refractivity contribution in [3.8, 4) is 0 Å². The number of imide groups is 2. The third-order valence-corrected chi connectivity index (χ3v) is 13.0. The molecular weight excluding hydrogens is 763 g/mol. The first-order chi connectivity index (χ1) is 29.5. The minimum atomic E-state index is -0.602. The van der Waals surface area contributed by atoms with E-state index >= 15 is 0 Å². The minimum Gasteiger partial charge on any atom is -0.356 e. The molecule has 0 aliphatic carbocycles. The molecule has 9 heteroatoms. The van der Waals surface area contributed by atoms with E-state index in [1.807, 2.05) is 33.8 Å². The molecule has 0 fully saturated rings. The molecule has 4 rings (SSSR count). The van der Waals surface area contributed by atoms with E-state index in [-0.39, 0.29) is 57.6 Å². The highest BCUT2D eigenvalue weighted by molar-refractivity contribution is 6.24. The fourth-order valence-corrected chi connectivity index (χ4v) is 8.99. The summed E-state index contributed by atoms with van der Waals surface area (Å²) in [6, 6.07) is 9.32. The molecule has 0 bridgehead atoms. The molecular formula is C52H75N3O6. The number of unbranched alkanes of at least 4 members (excludes halogenated alkanes) is 18. The lowest BCUT2D eigenvalue weighted by Gasteiger charge is -2.39. The highest BCUT2D eigenvalue weighted by Gasteiger charge is 2.47. The summed E-state index contributed by atoms with van der Waals surface area (Å²) in [6.07, 6.45) is 27.3. The Bertz CT molecular complexity index is 1840. The third kappa shape index (κ3) is 13.8. The number of rotatable bonds is 31. The monoisotopic (exact) mass is 838 g/mol. The van der Waals surface area contributed by atoms with Gasteiger partial charge >= 0.3 is 0 Å². The second-order valence-corrected chi connectivity index (χ2v) is 17.8. The van der Waals surface area contributed by atoms with Crippen LogP contribution in [0.25, 0.3) is 0 Å². The van der Waals surface area contributed by atoms with Crippen LogP contribution in [0.2, 0.25) is 0 Å². The first-order valence-electron chi connectivity index (χ1n) is 24.0. The number of amides is 5. The average molecular weight is 838 g/mol. The predicted octanol–water partition coefficient (Wildman–Crippen LogP) is 12.4. The maximum atomic E-state index is 14.0. The van der Waals surface area contributed by atoms with Gasteiger partial charge < -0.3 is 5.32 Å².